The topological polar surface area (TPSA) is 37.8 Å². The third-order valence-electron chi connectivity index (χ3n) is 4.86. The minimum absolute atomic E-state index is 0.104. The Morgan fingerprint density at radius 2 is 2.14 bits per heavy atom. The molecule has 1 aliphatic carbocycles. The van der Waals surface area contributed by atoms with Gasteiger partial charge in [-0.05, 0) is 54.8 Å². The molecule has 0 unspecified atom stereocenters. The number of fused-ring (bicyclic) bond motifs is 3. The molecule has 2 aromatic heterocycles. The van der Waals surface area contributed by atoms with Crippen molar-refractivity contribution in [1.29, 1.82) is 0 Å². The highest BCUT2D eigenvalue weighted by molar-refractivity contribution is 7.71. The summed E-state index contributed by atoms with van der Waals surface area (Å²) in [5, 5.41) is 0.898. The second-order valence-corrected chi connectivity index (χ2v) is 8.89. The van der Waals surface area contributed by atoms with Gasteiger partial charge >= 0.3 is 0 Å². The molecule has 0 amide bonds. The van der Waals surface area contributed by atoms with E-state index >= 15 is 0 Å². The molecule has 1 atom stereocenters. The molecular weight excluding hydrogens is 312 g/mol. The summed E-state index contributed by atoms with van der Waals surface area (Å²) in [7, 11) is 0. The van der Waals surface area contributed by atoms with Gasteiger partial charge in [0, 0.05) is 11.4 Å². The van der Waals surface area contributed by atoms with Crippen molar-refractivity contribution in [3.63, 3.8) is 0 Å². The number of nitrogens with zero attached hydrogens (tertiary/aromatic N) is 1. The second kappa shape index (κ2) is 5.60. The van der Waals surface area contributed by atoms with E-state index in [1.54, 1.807) is 15.9 Å². The lowest BCUT2D eigenvalue weighted by Crippen LogP contribution is -2.27. The van der Waals surface area contributed by atoms with Crippen molar-refractivity contribution in [1.82, 2.24) is 9.55 Å². The Labute approximate surface area is 140 Å². The molecule has 0 fully saturated rings. The van der Waals surface area contributed by atoms with Crippen LogP contribution < -0.4 is 5.56 Å². The van der Waals surface area contributed by atoms with Crippen molar-refractivity contribution in [2.24, 2.45) is 11.3 Å². The van der Waals surface area contributed by atoms with E-state index in [4.69, 9.17) is 12.2 Å². The van der Waals surface area contributed by atoms with Crippen LogP contribution in [0.15, 0.2) is 4.79 Å². The van der Waals surface area contributed by atoms with Crippen LogP contribution >= 0.6 is 23.6 Å². The molecule has 2 heterocycles. The van der Waals surface area contributed by atoms with Gasteiger partial charge in [-0.3, -0.25) is 9.36 Å². The van der Waals surface area contributed by atoms with Crippen LogP contribution in [0.25, 0.3) is 10.2 Å². The van der Waals surface area contributed by atoms with E-state index in [-0.39, 0.29) is 5.56 Å². The lowest BCUT2D eigenvalue weighted by Gasteiger charge is -2.33. The zero-order valence-corrected chi connectivity index (χ0v) is 15.4. The number of nitrogens with one attached hydrogen (secondary N) is 1. The van der Waals surface area contributed by atoms with Crippen molar-refractivity contribution < 1.29 is 0 Å². The highest BCUT2D eigenvalue weighted by Gasteiger charge is 2.31. The first-order chi connectivity index (χ1) is 10.3. The third kappa shape index (κ3) is 2.58. The average molecular weight is 337 g/mol. The zero-order valence-electron chi connectivity index (χ0n) is 13.8. The average Bonchev–Trinajstić information content (AvgIpc) is 2.79. The normalized spacial score (nSPS) is 18.6. The van der Waals surface area contributed by atoms with Gasteiger partial charge in [0.2, 0.25) is 0 Å². The van der Waals surface area contributed by atoms with Crippen molar-refractivity contribution in [2.75, 3.05) is 0 Å². The monoisotopic (exact) mass is 336 g/mol. The molecule has 0 aromatic carbocycles. The molecule has 1 N–H and O–H groups in total. The summed E-state index contributed by atoms with van der Waals surface area (Å²) in [6, 6.07) is 0. The van der Waals surface area contributed by atoms with Crippen LogP contribution in [0.1, 0.15) is 51.0 Å². The van der Waals surface area contributed by atoms with Gasteiger partial charge in [0.25, 0.3) is 5.56 Å². The maximum atomic E-state index is 12.8. The fourth-order valence-corrected chi connectivity index (χ4v) is 5.12. The molecule has 0 aliphatic heterocycles. The quantitative estimate of drug-likeness (QED) is 0.809. The first-order valence-corrected chi connectivity index (χ1v) is 9.32. The SMILES string of the molecule is CCCn1c(=S)[nH]c2sc3c(c2c1=O)CC[C@@H](C(C)(C)C)C3. The first-order valence-electron chi connectivity index (χ1n) is 8.10. The molecule has 3 rings (SSSR count). The number of rotatable bonds is 2. The van der Waals surface area contributed by atoms with Crippen molar-refractivity contribution in [2.45, 2.75) is 59.9 Å². The molecule has 0 saturated carbocycles. The smallest absolute Gasteiger partial charge is 0.263 e. The van der Waals surface area contributed by atoms with E-state index in [2.05, 4.69) is 32.7 Å². The van der Waals surface area contributed by atoms with Gasteiger partial charge in [-0.2, -0.15) is 0 Å². The van der Waals surface area contributed by atoms with Gasteiger partial charge in [-0.1, -0.05) is 27.7 Å². The summed E-state index contributed by atoms with van der Waals surface area (Å²) in [4.78, 5) is 18.5. The minimum atomic E-state index is 0.104. The Kier molecular flexibility index (Phi) is 4.06. The maximum Gasteiger partial charge on any atom is 0.263 e. The molecule has 3 nitrogen and oxygen atoms in total. The Bertz CT molecular complexity index is 820. The van der Waals surface area contributed by atoms with Gasteiger partial charge in [0.1, 0.15) is 4.83 Å². The van der Waals surface area contributed by atoms with E-state index in [9.17, 15) is 4.79 Å². The van der Waals surface area contributed by atoms with Crippen LogP contribution in [-0.4, -0.2) is 9.55 Å². The van der Waals surface area contributed by atoms with Crippen LogP contribution in [0.5, 0.6) is 0 Å². The van der Waals surface area contributed by atoms with E-state index in [0.717, 1.165) is 29.5 Å². The summed E-state index contributed by atoms with van der Waals surface area (Å²) in [5.41, 5.74) is 1.71. The summed E-state index contributed by atoms with van der Waals surface area (Å²) in [6.45, 7) is 9.72. The second-order valence-electron chi connectivity index (χ2n) is 7.40. The molecule has 0 saturated heterocycles. The van der Waals surface area contributed by atoms with Gasteiger partial charge in [-0.25, -0.2) is 0 Å². The Morgan fingerprint density at radius 3 is 2.77 bits per heavy atom. The van der Waals surface area contributed by atoms with E-state index in [1.807, 2.05) is 0 Å². The number of aryl methyl sites for hydroxylation is 1. The molecule has 2 aromatic rings. The molecule has 0 bridgehead atoms. The van der Waals surface area contributed by atoms with Crippen LogP contribution in [0.3, 0.4) is 0 Å². The van der Waals surface area contributed by atoms with E-state index in [1.165, 1.54) is 16.9 Å². The zero-order chi connectivity index (χ0) is 16.1. The van der Waals surface area contributed by atoms with Crippen molar-refractivity contribution >= 4 is 33.8 Å². The number of hydrogen-bond acceptors (Lipinski definition) is 3. The molecular formula is C17H24N2OS2. The van der Waals surface area contributed by atoms with Crippen molar-refractivity contribution in [3.8, 4) is 0 Å². The highest BCUT2D eigenvalue weighted by Crippen LogP contribution is 2.41. The number of aromatic nitrogens is 2. The van der Waals surface area contributed by atoms with Crippen LogP contribution in [-0.2, 0) is 19.4 Å². The maximum absolute atomic E-state index is 12.8. The van der Waals surface area contributed by atoms with Gasteiger partial charge in [-0.15, -0.1) is 11.3 Å². The summed E-state index contributed by atoms with van der Waals surface area (Å²) in [6.07, 6.45) is 4.20. The van der Waals surface area contributed by atoms with E-state index in [0.29, 0.717) is 22.6 Å². The fourth-order valence-electron chi connectivity index (χ4n) is 3.46. The van der Waals surface area contributed by atoms with Crippen molar-refractivity contribution in [3.05, 3.63) is 25.6 Å². The number of thiophene rings is 1. The fraction of sp³-hybridized carbons (Fsp3) is 0.647. The molecule has 0 spiro atoms. The number of hydrogen-bond donors (Lipinski definition) is 1. The van der Waals surface area contributed by atoms with Crippen LogP contribution in [0, 0.1) is 16.1 Å². The molecule has 0 radical (unpaired) electrons. The predicted octanol–water partition coefficient (Wildman–Crippen LogP) is 4.68. The Morgan fingerprint density at radius 1 is 1.41 bits per heavy atom. The Hall–Kier alpha value is -0.940. The standard InChI is InChI=1S/C17H24N2OS2/c1-5-8-19-15(20)13-11-7-6-10(17(2,3)4)9-12(11)22-14(13)18-16(19)21/h10H,5-9H2,1-4H3,(H,18,21)/t10-/m1/s1. The molecule has 22 heavy (non-hydrogen) atoms. The molecule has 1 aliphatic rings. The number of aromatic amines is 1. The largest absolute Gasteiger partial charge is 0.323 e. The first kappa shape index (κ1) is 15.9. The van der Waals surface area contributed by atoms with Crippen LogP contribution in [0.2, 0.25) is 0 Å². The predicted molar refractivity (Wildman–Crippen MR) is 96.5 cm³/mol. The molecule has 120 valence electrons. The lowest BCUT2D eigenvalue weighted by atomic mass is 9.72. The Balaban J connectivity index is 2.16. The summed E-state index contributed by atoms with van der Waals surface area (Å²) < 4.78 is 2.28. The van der Waals surface area contributed by atoms with Crippen LogP contribution in [0.4, 0.5) is 0 Å². The van der Waals surface area contributed by atoms with Gasteiger partial charge in [0.15, 0.2) is 4.77 Å². The summed E-state index contributed by atoms with van der Waals surface area (Å²) >= 11 is 7.11. The third-order valence-corrected chi connectivity index (χ3v) is 6.35. The van der Waals surface area contributed by atoms with E-state index < -0.39 is 0 Å². The minimum Gasteiger partial charge on any atom is -0.323 e. The van der Waals surface area contributed by atoms with Gasteiger partial charge in [0.05, 0.1) is 5.39 Å². The molecule has 5 heteroatoms. The number of H-pyrrole nitrogens is 1. The van der Waals surface area contributed by atoms with Gasteiger partial charge < -0.3 is 4.98 Å². The highest BCUT2D eigenvalue weighted by atomic mass is 32.1. The lowest BCUT2D eigenvalue weighted by molar-refractivity contribution is 0.218. The summed E-state index contributed by atoms with van der Waals surface area (Å²) in [5.74, 6) is 0.689.